The van der Waals surface area contributed by atoms with Gasteiger partial charge in [-0.15, -0.1) is 0 Å². The van der Waals surface area contributed by atoms with E-state index in [0.717, 1.165) is 38.4 Å². The van der Waals surface area contributed by atoms with Gasteiger partial charge in [0.25, 0.3) is 5.91 Å². The van der Waals surface area contributed by atoms with E-state index in [4.69, 9.17) is 4.74 Å². The standard InChI is InChI=1S/C19H28N4O4/c1-3-20-19(23-12-8-14(9-13-23)18(26)27-2)22-11-10-21-17(25)15-6-4-5-7-16(15)24/h4-7,14,24H,3,8-13H2,1-2H3,(H,20,22)(H,21,25). The number of phenolic OH excluding ortho intramolecular Hbond substituents is 1. The van der Waals surface area contributed by atoms with Gasteiger partial charge < -0.3 is 25.4 Å². The number of esters is 1. The highest BCUT2D eigenvalue weighted by molar-refractivity contribution is 5.96. The molecule has 148 valence electrons. The lowest BCUT2D eigenvalue weighted by Gasteiger charge is -2.33. The van der Waals surface area contributed by atoms with E-state index in [1.54, 1.807) is 18.2 Å². The number of phenols is 1. The Morgan fingerprint density at radius 2 is 1.96 bits per heavy atom. The molecule has 2 rings (SSSR count). The van der Waals surface area contributed by atoms with Gasteiger partial charge in [-0.3, -0.25) is 14.6 Å². The van der Waals surface area contributed by atoms with Crippen LogP contribution in [0.25, 0.3) is 0 Å². The van der Waals surface area contributed by atoms with Gasteiger partial charge >= 0.3 is 5.97 Å². The Morgan fingerprint density at radius 3 is 2.59 bits per heavy atom. The van der Waals surface area contributed by atoms with Crippen LogP contribution in [0.3, 0.4) is 0 Å². The maximum atomic E-state index is 12.1. The number of guanidine groups is 1. The van der Waals surface area contributed by atoms with Gasteiger partial charge in [-0.2, -0.15) is 0 Å². The van der Waals surface area contributed by atoms with E-state index in [1.165, 1.54) is 13.2 Å². The first kappa shape index (κ1) is 20.5. The van der Waals surface area contributed by atoms with E-state index in [-0.39, 0.29) is 29.1 Å². The van der Waals surface area contributed by atoms with Crippen molar-refractivity contribution in [1.82, 2.24) is 15.5 Å². The number of methoxy groups -OCH3 is 1. The number of carbonyl (C=O) groups excluding carboxylic acids is 2. The lowest BCUT2D eigenvalue weighted by atomic mass is 9.97. The number of hydrogen-bond donors (Lipinski definition) is 3. The molecule has 1 saturated heterocycles. The number of rotatable bonds is 6. The van der Waals surface area contributed by atoms with Gasteiger partial charge in [-0.05, 0) is 31.9 Å². The number of amides is 1. The summed E-state index contributed by atoms with van der Waals surface area (Å²) in [5, 5.41) is 15.7. The number of ether oxygens (including phenoxy) is 1. The van der Waals surface area contributed by atoms with Crippen LogP contribution >= 0.6 is 0 Å². The highest BCUT2D eigenvalue weighted by Crippen LogP contribution is 2.18. The molecule has 0 atom stereocenters. The summed E-state index contributed by atoms with van der Waals surface area (Å²) in [6, 6.07) is 6.42. The first-order valence-electron chi connectivity index (χ1n) is 9.24. The second-order valence-corrected chi connectivity index (χ2v) is 6.29. The van der Waals surface area contributed by atoms with E-state index >= 15 is 0 Å². The lowest BCUT2D eigenvalue weighted by molar-refractivity contribution is -0.146. The third-order valence-corrected chi connectivity index (χ3v) is 4.47. The third kappa shape index (κ3) is 5.87. The molecule has 0 aromatic heterocycles. The van der Waals surface area contributed by atoms with Gasteiger partial charge in [0.1, 0.15) is 5.75 Å². The number of hydrogen-bond acceptors (Lipinski definition) is 5. The zero-order valence-electron chi connectivity index (χ0n) is 15.9. The molecule has 1 amide bonds. The number of piperidine rings is 1. The molecular weight excluding hydrogens is 348 g/mol. The Bertz CT molecular complexity index is 669. The van der Waals surface area contributed by atoms with Crippen LogP contribution in [0.15, 0.2) is 29.3 Å². The SMILES string of the molecule is CCNC(=NCCNC(=O)c1ccccc1O)N1CCC(C(=O)OC)CC1. The summed E-state index contributed by atoms with van der Waals surface area (Å²) < 4.78 is 4.82. The molecule has 3 N–H and O–H groups in total. The maximum Gasteiger partial charge on any atom is 0.308 e. The lowest BCUT2D eigenvalue weighted by Crippen LogP contribution is -2.47. The largest absolute Gasteiger partial charge is 0.507 e. The Hall–Kier alpha value is -2.77. The van der Waals surface area contributed by atoms with E-state index < -0.39 is 0 Å². The first-order chi connectivity index (χ1) is 13.1. The van der Waals surface area contributed by atoms with Crippen molar-refractivity contribution in [1.29, 1.82) is 0 Å². The zero-order valence-corrected chi connectivity index (χ0v) is 15.9. The molecule has 1 aromatic rings. The Morgan fingerprint density at radius 1 is 1.26 bits per heavy atom. The van der Waals surface area contributed by atoms with Crippen LogP contribution in [0.1, 0.15) is 30.1 Å². The minimum atomic E-state index is -0.327. The highest BCUT2D eigenvalue weighted by atomic mass is 16.5. The highest BCUT2D eigenvalue weighted by Gasteiger charge is 2.26. The number of benzene rings is 1. The predicted molar refractivity (Wildman–Crippen MR) is 103 cm³/mol. The molecule has 0 spiro atoms. The molecule has 8 heteroatoms. The molecule has 1 heterocycles. The van der Waals surface area contributed by atoms with E-state index in [0.29, 0.717) is 13.1 Å². The number of nitrogens with zero attached hydrogens (tertiary/aromatic N) is 2. The number of carbonyl (C=O) groups is 2. The zero-order chi connectivity index (χ0) is 19.6. The molecule has 1 aromatic carbocycles. The number of nitrogens with one attached hydrogen (secondary N) is 2. The molecule has 0 unspecified atom stereocenters. The Labute approximate surface area is 159 Å². The summed E-state index contributed by atoms with van der Waals surface area (Å²) in [5.41, 5.74) is 0.248. The fourth-order valence-corrected chi connectivity index (χ4v) is 3.01. The average Bonchev–Trinajstić information content (AvgIpc) is 2.70. The van der Waals surface area contributed by atoms with Crippen LogP contribution in [0.4, 0.5) is 0 Å². The monoisotopic (exact) mass is 376 g/mol. The van der Waals surface area contributed by atoms with E-state index in [1.807, 2.05) is 6.92 Å². The van der Waals surface area contributed by atoms with Crippen LogP contribution in [-0.2, 0) is 9.53 Å². The quantitative estimate of drug-likeness (QED) is 0.296. The number of aliphatic imine (C=N–C) groups is 1. The van der Waals surface area contributed by atoms with Crippen LogP contribution in [0.5, 0.6) is 5.75 Å². The molecule has 1 aliphatic heterocycles. The van der Waals surface area contributed by atoms with Gasteiger partial charge in [0.05, 0.1) is 25.1 Å². The second kappa shape index (κ2) is 10.4. The predicted octanol–water partition coefficient (Wildman–Crippen LogP) is 0.972. The second-order valence-electron chi connectivity index (χ2n) is 6.29. The number of para-hydroxylation sites is 1. The summed E-state index contributed by atoms with van der Waals surface area (Å²) >= 11 is 0. The summed E-state index contributed by atoms with van der Waals surface area (Å²) in [6.07, 6.45) is 1.47. The van der Waals surface area contributed by atoms with Gasteiger partial charge in [0.2, 0.25) is 0 Å². The van der Waals surface area contributed by atoms with Crippen molar-refractivity contribution >= 4 is 17.8 Å². The van der Waals surface area contributed by atoms with Crippen LogP contribution in [-0.4, -0.2) is 67.7 Å². The van der Waals surface area contributed by atoms with Crippen LogP contribution in [0, 0.1) is 5.92 Å². The Balaban J connectivity index is 1.84. The molecule has 1 aliphatic rings. The normalized spacial score (nSPS) is 15.3. The number of likely N-dealkylation sites (tertiary alicyclic amines) is 1. The summed E-state index contributed by atoms with van der Waals surface area (Å²) in [7, 11) is 1.42. The Kier molecular flexibility index (Phi) is 7.91. The number of aromatic hydroxyl groups is 1. The molecular formula is C19H28N4O4. The smallest absolute Gasteiger partial charge is 0.308 e. The van der Waals surface area contributed by atoms with Crippen molar-refractivity contribution in [3.8, 4) is 5.75 Å². The van der Waals surface area contributed by atoms with Crippen LogP contribution in [0.2, 0.25) is 0 Å². The summed E-state index contributed by atoms with van der Waals surface area (Å²) in [4.78, 5) is 30.4. The van der Waals surface area contributed by atoms with Crippen molar-refractivity contribution in [3.63, 3.8) is 0 Å². The van der Waals surface area contributed by atoms with Crippen molar-refractivity contribution in [2.45, 2.75) is 19.8 Å². The fraction of sp³-hybridized carbons (Fsp3) is 0.526. The van der Waals surface area contributed by atoms with Crippen molar-refractivity contribution in [2.24, 2.45) is 10.9 Å². The van der Waals surface area contributed by atoms with Crippen LogP contribution < -0.4 is 10.6 Å². The minimum absolute atomic E-state index is 0.0414. The first-order valence-corrected chi connectivity index (χ1v) is 9.24. The third-order valence-electron chi connectivity index (χ3n) is 4.47. The fourth-order valence-electron chi connectivity index (χ4n) is 3.01. The van der Waals surface area contributed by atoms with E-state index in [9.17, 15) is 14.7 Å². The molecule has 0 aliphatic carbocycles. The molecule has 0 bridgehead atoms. The topological polar surface area (TPSA) is 103 Å². The minimum Gasteiger partial charge on any atom is -0.507 e. The molecule has 1 fully saturated rings. The molecule has 0 radical (unpaired) electrons. The average molecular weight is 376 g/mol. The maximum absolute atomic E-state index is 12.1. The van der Waals surface area contributed by atoms with Gasteiger partial charge in [-0.25, -0.2) is 0 Å². The summed E-state index contributed by atoms with van der Waals surface area (Å²) in [6.45, 7) is 4.97. The van der Waals surface area contributed by atoms with Gasteiger partial charge in [-0.1, -0.05) is 12.1 Å². The molecule has 27 heavy (non-hydrogen) atoms. The van der Waals surface area contributed by atoms with Gasteiger partial charge in [0.15, 0.2) is 5.96 Å². The van der Waals surface area contributed by atoms with Crippen molar-refractivity contribution in [3.05, 3.63) is 29.8 Å². The molecule has 0 saturated carbocycles. The summed E-state index contributed by atoms with van der Waals surface area (Å²) in [5.74, 6) is 0.209. The van der Waals surface area contributed by atoms with E-state index in [2.05, 4.69) is 20.5 Å². The van der Waals surface area contributed by atoms with Crippen molar-refractivity contribution < 1.29 is 19.4 Å². The van der Waals surface area contributed by atoms with Gasteiger partial charge in [0, 0.05) is 26.2 Å². The molecule has 8 nitrogen and oxygen atoms in total. The van der Waals surface area contributed by atoms with Crippen molar-refractivity contribution in [2.75, 3.05) is 39.8 Å².